The summed E-state index contributed by atoms with van der Waals surface area (Å²) in [7, 11) is -4.38. The smallest absolute Gasteiger partial charge is 0.258 e. The Morgan fingerprint density at radius 3 is 2.33 bits per heavy atom. The zero-order valence-electron chi connectivity index (χ0n) is 9.18. The monoisotopic (exact) mass is 280 g/mol. The van der Waals surface area contributed by atoms with Gasteiger partial charge >= 0.3 is 0 Å². The van der Waals surface area contributed by atoms with Gasteiger partial charge in [-0.15, -0.1) is 0 Å². The SMILES string of the molecule is CC(Oc1ccc(S(N)(=O)=O)c(F)c1F)C(N)=O. The number of carbonyl (C=O) groups is 1. The van der Waals surface area contributed by atoms with Crippen molar-refractivity contribution in [3.8, 4) is 5.75 Å². The topological polar surface area (TPSA) is 112 Å². The van der Waals surface area contributed by atoms with Crippen LogP contribution in [0.1, 0.15) is 6.92 Å². The number of ether oxygens (including phenoxy) is 1. The molecule has 1 aromatic rings. The molecule has 1 rings (SSSR count). The standard InChI is InChI=1S/C9H10F2N2O4S/c1-4(9(12)14)17-5-2-3-6(18(13,15)16)8(11)7(5)10/h2-4H,1H3,(H2,12,14)(H2,13,15,16). The van der Waals surface area contributed by atoms with Crippen LogP contribution in [-0.4, -0.2) is 20.4 Å². The van der Waals surface area contributed by atoms with Gasteiger partial charge in [-0.3, -0.25) is 4.79 Å². The zero-order valence-corrected chi connectivity index (χ0v) is 10.0. The van der Waals surface area contributed by atoms with E-state index >= 15 is 0 Å². The molecule has 0 saturated heterocycles. The zero-order chi connectivity index (χ0) is 14.1. The first kappa shape index (κ1) is 14.3. The Hall–Kier alpha value is -1.74. The lowest BCUT2D eigenvalue weighted by atomic mass is 10.3. The van der Waals surface area contributed by atoms with Crippen LogP contribution < -0.4 is 15.6 Å². The normalized spacial score (nSPS) is 13.1. The van der Waals surface area contributed by atoms with Crippen molar-refractivity contribution in [2.45, 2.75) is 17.9 Å². The summed E-state index contributed by atoms with van der Waals surface area (Å²) in [6.45, 7) is 1.23. The Morgan fingerprint density at radius 2 is 1.89 bits per heavy atom. The molecule has 18 heavy (non-hydrogen) atoms. The summed E-state index contributed by atoms with van der Waals surface area (Å²) in [6, 6.07) is 1.58. The van der Waals surface area contributed by atoms with Crippen LogP contribution in [0.5, 0.6) is 5.75 Å². The number of sulfonamides is 1. The van der Waals surface area contributed by atoms with Crippen molar-refractivity contribution in [2.75, 3.05) is 0 Å². The van der Waals surface area contributed by atoms with E-state index in [0.29, 0.717) is 0 Å². The minimum Gasteiger partial charge on any atom is -0.478 e. The highest BCUT2D eigenvalue weighted by Crippen LogP contribution is 2.25. The number of nitrogens with two attached hydrogens (primary N) is 2. The van der Waals surface area contributed by atoms with Gasteiger partial charge in [0.05, 0.1) is 0 Å². The molecule has 6 nitrogen and oxygen atoms in total. The van der Waals surface area contributed by atoms with Gasteiger partial charge in [-0.1, -0.05) is 0 Å². The molecular weight excluding hydrogens is 270 g/mol. The second-order valence-electron chi connectivity index (χ2n) is 3.40. The average Bonchev–Trinajstić information content (AvgIpc) is 2.22. The van der Waals surface area contributed by atoms with Crippen molar-refractivity contribution in [3.63, 3.8) is 0 Å². The molecular formula is C9H10F2N2O4S. The number of primary sulfonamides is 1. The maximum atomic E-state index is 13.4. The van der Waals surface area contributed by atoms with Gasteiger partial charge in [0.25, 0.3) is 5.91 Å². The number of carbonyl (C=O) groups excluding carboxylic acids is 1. The van der Waals surface area contributed by atoms with Gasteiger partial charge < -0.3 is 10.5 Å². The van der Waals surface area contributed by atoms with Crippen LogP contribution in [0, 0.1) is 11.6 Å². The second-order valence-corrected chi connectivity index (χ2v) is 4.93. The lowest BCUT2D eigenvalue weighted by Gasteiger charge is -2.12. The van der Waals surface area contributed by atoms with E-state index in [1.807, 2.05) is 0 Å². The van der Waals surface area contributed by atoms with Crippen LogP contribution in [0.2, 0.25) is 0 Å². The first-order valence-corrected chi connectivity index (χ1v) is 6.16. The molecule has 0 radical (unpaired) electrons. The molecule has 0 heterocycles. The van der Waals surface area contributed by atoms with Crippen molar-refractivity contribution < 1.29 is 26.7 Å². The van der Waals surface area contributed by atoms with E-state index in [0.717, 1.165) is 12.1 Å². The van der Waals surface area contributed by atoms with Crippen LogP contribution in [0.4, 0.5) is 8.78 Å². The predicted molar refractivity (Wildman–Crippen MR) is 57.0 cm³/mol. The van der Waals surface area contributed by atoms with Crippen molar-refractivity contribution in [2.24, 2.45) is 10.9 Å². The Labute approximate surface area is 102 Å². The third-order valence-electron chi connectivity index (χ3n) is 2.02. The number of hydrogen-bond acceptors (Lipinski definition) is 4. The average molecular weight is 280 g/mol. The maximum absolute atomic E-state index is 13.4. The van der Waals surface area contributed by atoms with Gasteiger partial charge in [-0.25, -0.2) is 17.9 Å². The number of rotatable bonds is 4. The molecule has 1 unspecified atom stereocenters. The Kier molecular flexibility index (Phi) is 3.87. The largest absolute Gasteiger partial charge is 0.478 e. The van der Waals surface area contributed by atoms with E-state index in [9.17, 15) is 22.0 Å². The molecule has 0 fully saturated rings. The molecule has 1 atom stereocenters. The minimum absolute atomic E-state index is 0.633. The minimum atomic E-state index is -4.38. The van der Waals surface area contributed by atoms with Gasteiger partial charge in [0.2, 0.25) is 15.8 Å². The Balaban J connectivity index is 3.21. The first-order chi connectivity index (χ1) is 8.14. The summed E-state index contributed by atoms with van der Waals surface area (Å²) >= 11 is 0. The third-order valence-corrected chi connectivity index (χ3v) is 2.95. The summed E-state index contributed by atoms with van der Waals surface area (Å²) in [5.41, 5.74) is 4.88. The Bertz CT molecular complexity index is 588. The molecule has 0 saturated carbocycles. The predicted octanol–water partition coefficient (Wildman–Crippen LogP) is -0.135. The van der Waals surface area contributed by atoms with Crippen molar-refractivity contribution in [1.82, 2.24) is 0 Å². The number of amides is 1. The van der Waals surface area contributed by atoms with Crippen LogP contribution >= 0.6 is 0 Å². The molecule has 0 aliphatic heterocycles. The first-order valence-electron chi connectivity index (χ1n) is 4.61. The molecule has 100 valence electrons. The molecule has 4 N–H and O–H groups in total. The molecule has 0 aromatic heterocycles. The maximum Gasteiger partial charge on any atom is 0.258 e. The molecule has 1 aromatic carbocycles. The van der Waals surface area contributed by atoms with E-state index < -0.39 is 44.3 Å². The Morgan fingerprint density at radius 1 is 1.33 bits per heavy atom. The molecule has 0 bridgehead atoms. The second kappa shape index (κ2) is 4.86. The van der Waals surface area contributed by atoms with Gasteiger partial charge in [0.1, 0.15) is 4.90 Å². The van der Waals surface area contributed by atoms with Crippen molar-refractivity contribution >= 4 is 15.9 Å². The van der Waals surface area contributed by atoms with Crippen molar-refractivity contribution in [1.29, 1.82) is 0 Å². The fourth-order valence-corrected chi connectivity index (χ4v) is 1.67. The van der Waals surface area contributed by atoms with E-state index in [2.05, 4.69) is 5.14 Å². The number of hydrogen-bond donors (Lipinski definition) is 2. The van der Waals surface area contributed by atoms with Crippen LogP contribution in [-0.2, 0) is 14.8 Å². The molecule has 0 spiro atoms. The number of benzene rings is 1. The summed E-state index contributed by atoms with van der Waals surface area (Å²) in [6.07, 6.45) is -1.20. The lowest BCUT2D eigenvalue weighted by molar-refractivity contribution is -0.124. The highest BCUT2D eigenvalue weighted by Gasteiger charge is 2.23. The molecule has 0 aliphatic carbocycles. The van der Waals surface area contributed by atoms with Gasteiger partial charge in [-0.2, -0.15) is 4.39 Å². The van der Waals surface area contributed by atoms with Crippen molar-refractivity contribution in [3.05, 3.63) is 23.8 Å². The number of halogens is 2. The summed E-state index contributed by atoms with van der Waals surface area (Å²) in [5, 5.41) is 4.68. The number of primary amides is 1. The van der Waals surface area contributed by atoms with Gasteiger partial charge in [0.15, 0.2) is 17.7 Å². The van der Waals surface area contributed by atoms with E-state index in [1.165, 1.54) is 6.92 Å². The quantitative estimate of drug-likeness (QED) is 0.799. The van der Waals surface area contributed by atoms with E-state index in [4.69, 9.17) is 10.5 Å². The lowest BCUT2D eigenvalue weighted by Crippen LogP contribution is -2.31. The van der Waals surface area contributed by atoms with Crippen LogP contribution in [0.15, 0.2) is 17.0 Å². The fraction of sp³-hybridized carbons (Fsp3) is 0.222. The van der Waals surface area contributed by atoms with Gasteiger partial charge in [-0.05, 0) is 19.1 Å². The molecule has 9 heteroatoms. The highest BCUT2D eigenvalue weighted by molar-refractivity contribution is 7.89. The van der Waals surface area contributed by atoms with Crippen LogP contribution in [0.25, 0.3) is 0 Å². The molecule has 1 amide bonds. The summed E-state index contributed by atoms with van der Waals surface area (Å²) in [4.78, 5) is 9.69. The van der Waals surface area contributed by atoms with Gasteiger partial charge in [0, 0.05) is 0 Å². The van der Waals surface area contributed by atoms with E-state index in [-0.39, 0.29) is 0 Å². The highest BCUT2D eigenvalue weighted by atomic mass is 32.2. The third kappa shape index (κ3) is 2.93. The van der Waals surface area contributed by atoms with Crippen LogP contribution in [0.3, 0.4) is 0 Å². The summed E-state index contributed by atoms with van der Waals surface area (Å²) < 4.78 is 53.4. The summed E-state index contributed by atoms with van der Waals surface area (Å²) in [5.74, 6) is -4.75. The molecule has 0 aliphatic rings. The van der Waals surface area contributed by atoms with E-state index in [1.54, 1.807) is 0 Å². The fourth-order valence-electron chi connectivity index (χ4n) is 1.07.